The number of nitrogens with zero attached hydrogens (tertiary/aromatic N) is 4. The van der Waals surface area contributed by atoms with Gasteiger partial charge in [-0.3, -0.25) is 14.6 Å². The van der Waals surface area contributed by atoms with E-state index in [2.05, 4.69) is 59.7 Å². The first-order chi connectivity index (χ1) is 13.7. The highest BCUT2D eigenvalue weighted by Gasteiger charge is 2.23. The summed E-state index contributed by atoms with van der Waals surface area (Å²) in [6.45, 7) is 13.0. The zero-order chi connectivity index (χ0) is 19.8. The van der Waals surface area contributed by atoms with Gasteiger partial charge in [-0.25, -0.2) is 0 Å². The van der Waals surface area contributed by atoms with Crippen LogP contribution in [0.2, 0.25) is 0 Å². The average Bonchev–Trinajstić information content (AvgIpc) is 3.31. The SMILES string of the molecule is CCNC(=NCC(c1ccc(C)s1)N1CCOCC1)NCCn1cc(C)cn1.I. The third-order valence-corrected chi connectivity index (χ3v) is 5.84. The Balaban J connectivity index is 0.00000300. The van der Waals surface area contributed by atoms with Crippen LogP contribution in [-0.2, 0) is 11.3 Å². The van der Waals surface area contributed by atoms with Gasteiger partial charge in [-0.1, -0.05) is 0 Å². The lowest BCUT2D eigenvalue weighted by atomic mass is 10.2. The van der Waals surface area contributed by atoms with Crippen LogP contribution >= 0.6 is 35.3 Å². The van der Waals surface area contributed by atoms with E-state index in [0.29, 0.717) is 6.04 Å². The Labute approximate surface area is 194 Å². The minimum absolute atomic E-state index is 0. The molecule has 2 aromatic heterocycles. The van der Waals surface area contributed by atoms with Gasteiger partial charge in [0.15, 0.2) is 5.96 Å². The van der Waals surface area contributed by atoms with Gasteiger partial charge >= 0.3 is 0 Å². The number of ether oxygens (including phenoxy) is 1. The molecule has 2 N–H and O–H groups in total. The van der Waals surface area contributed by atoms with Crippen molar-refractivity contribution in [2.24, 2.45) is 4.99 Å². The Hall–Kier alpha value is -1.17. The molecule has 3 rings (SSSR count). The number of thiophene rings is 1. The van der Waals surface area contributed by atoms with Crippen LogP contribution in [0.4, 0.5) is 0 Å². The van der Waals surface area contributed by atoms with Gasteiger partial charge in [0, 0.05) is 42.1 Å². The van der Waals surface area contributed by atoms with Gasteiger partial charge in [-0.15, -0.1) is 35.3 Å². The molecule has 0 saturated carbocycles. The second-order valence-electron chi connectivity index (χ2n) is 7.04. The normalized spacial score (nSPS) is 16.3. The third kappa shape index (κ3) is 7.54. The maximum atomic E-state index is 5.54. The van der Waals surface area contributed by atoms with E-state index < -0.39 is 0 Å². The predicted octanol–water partition coefficient (Wildman–Crippen LogP) is 2.81. The molecule has 1 aliphatic rings. The molecule has 0 spiro atoms. The van der Waals surface area contributed by atoms with Crippen LogP contribution in [0.3, 0.4) is 0 Å². The fourth-order valence-corrected chi connectivity index (χ4v) is 4.31. The van der Waals surface area contributed by atoms with E-state index in [9.17, 15) is 0 Å². The van der Waals surface area contributed by atoms with Gasteiger partial charge in [-0.05, 0) is 38.5 Å². The highest BCUT2D eigenvalue weighted by Crippen LogP contribution is 2.28. The van der Waals surface area contributed by atoms with Crippen molar-refractivity contribution in [3.8, 4) is 0 Å². The average molecular weight is 532 g/mol. The Morgan fingerprint density at radius 3 is 2.69 bits per heavy atom. The molecule has 29 heavy (non-hydrogen) atoms. The van der Waals surface area contributed by atoms with Crippen LogP contribution in [0.1, 0.15) is 28.3 Å². The lowest BCUT2D eigenvalue weighted by Crippen LogP contribution is -2.42. The minimum Gasteiger partial charge on any atom is -0.379 e. The monoisotopic (exact) mass is 532 g/mol. The van der Waals surface area contributed by atoms with Crippen molar-refractivity contribution in [2.75, 3.05) is 45.9 Å². The number of rotatable bonds is 8. The molecule has 0 aromatic carbocycles. The molecule has 1 atom stereocenters. The fraction of sp³-hybridized carbons (Fsp3) is 0.600. The van der Waals surface area contributed by atoms with Crippen molar-refractivity contribution in [1.29, 1.82) is 0 Å². The first-order valence-corrected chi connectivity index (χ1v) is 10.9. The topological polar surface area (TPSA) is 66.7 Å². The molecule has 1 saturated heterocycles. The maximum Gasteiger partial charge on any atom is 0.191 e. The number of halogens is 1. The Kier molecular flexibility index (Phi) is 10.4. The smallest absolute Gasteiger partial charge is 0.191 e. The van der Waals surface area contributed by atoms with E-state index in [4.69, 9.17) is 9.73 Å². The highest BCUT2D eigenvalue weighted by molar-refractivity contribution is 14.0. The number of aryl methyl sites for hydroxylation is 2. The van der Waals surface area contributed by atoms with Gasteiger partial charge in [0.2, 0.25) is 0 Å². The van der Waals surface area contributed by atoms with E-state index >= 15 is 0 Å². The van der Waals surface area contributed by atoms with Crippen LogP contribution in [0.5, 0.6) is 0 Å². The van der Waals surface area contributed by atoms with Crippen LogP contribution in [-0.4, -0.2) is 66.6 Å². The molecule has 0 amide bonds. The van der Waals surface area contributed by atoms with Crippen LogP contribution in [0, 0.1) is 13.8 Å². The molecule has 0 radical (unpaired) electrons. The third-order valence-electron chi connectivity index (χ3n) is 4.74. The summed E-state index contributed by atoms with van der Waals surface area (Å²) in [5.41, 5.74) is 1.18. The number of aliphatic imine (C=N–C) groups is 1. The summed E-state index contributed by atoms with van der Waals surface area (Å²) in [4.78, 5) is 10.1. The zero-order valence-electron chi connectivity index (χ0n) is 17.6. The van der Waals surface area contributed by atoms with Crippen molar-refractivity contribution < 1.29 is 4.74 Å². The van der Waals surface area contributed by atoms with E-state index in [1.54, 1.807) is 0 Å². The van der Waals surface area contributed by atoms with Crippen LogP contribution in [0.25, 0.3) is 0 Å². The number of nitrogens with one attached hydrogen (secondary N) is 2. The largest absolute Gasteiger partial charge is 0.379 e. The summed E-state index contributed by atoms with van der Waals surface area (Å²) < 4.78 is 7.50. The van der Waals surface area contributed by atoms with E-state index in [0.717, 1.165) is 58.4 Å². The first kappa shape index (κ1) is 24.1. The van der Waals surface area contributed by atoms with E-state index in [1.165, 1.54) is 15.3 Å². The quantitative estimate of drug-likeness (QED) is 0.311. The molecule has 7 nitrogen and oxygen atoms in total. The van der Waals surface area contributed by atoms with E-state index in [-0.39, 0.29) is 24.0 Å². The zero-order valence-corrected chi connectivity index (χ0v) is 20.7. The van der Waals surface area contributed by atoms with Crippen molar-refractivity contribution in [3.05, 3.63) is 39.8 Å². The standard InChI is InChI=1S/C20H32N6OS.HI/c1-4-21-20(22-7-8-26-15-16(2)13-24-26)23-14-18(19-6-5-17(3)28-19)25-9-11-27-12-10-25;/h5-6,13,15,18H,4,7-12,14H2,1-3H3,(H2,21,22,23);1H. The second-order valence-corrected chi connectivity index (χ2v) is 8.36. The lowest BCUT2D eigenvalue weighted by Gasteiger charge is -2.33. The molecule has 1 fully saturated rings. The number of hydrogen-bond acceptors (Lipinski definition) is 5. The molecule has 0 bridgehead atoms. The summed E-state index contributed by atoms with van der Waals surface area (Å²) >= 11 is 1.87. The maximum absolute atomic E-state index is 5.54. The Bertz CT molecular complexity index is 756. The Morgan fingerprint density at radius 1 is 1.28 bits per heavy atom. The molecule has 9 heteroatoms. The molecule has 1 aliphatic heterocycles. The molecule has 0 aliphatic carbocycles. The van der Waals surface area contributed by atoms with Crippen molar-refractivity contribution in [2.45, 2.75) is 33.4 Å². The summed E-state index contributed by atoms with van der Waals surface area (Å²) in [5.74, 6) is 0.859. The fourth-order valence-electron chi connectivity index (χ4n) is 3.30. The van der Waals surface area contributed by atoms with Crippen molar-refractivity contribution in [1.82, 2.24) is 25.3 Å². The van der Waals surface area contributed by atoms with Gasteiger partial charge in [-0.2, -0.15) is 5.10 Å². The van der Waals surface area contributed by atoms with Crippen LogP contribution < -0.4 is 10.6 Å². The van der Waals surface area contributed by atoms with Gasteiger partial charge in [0.05, 0.1) is 38.5 Å². The van der Waals surface area contributed by atoms with E-state index in [1.807, 2.05) is 22.2 Å². The molecule has 2 aromatic rings. The van der Waals surface area contributed by atoms with Crippen LogP contribution in [0.15, 0.2) is 29.5 Å². The number of hydrogen-bond donors (Lipinski definition) is 2. The summed E-state index contributed by atoms with van der Waals surface area (Å²) in [5, 5.41) is 11.1. The van der Waals surface area contributed by atoms with Crippen molar-refractivity contribution >= 4 is 41.3 Å². The van der Waals surface area contributed by atoms with Crippen molar-refractivity contribution in [3.63, 3.8) is 0 Å². The molecule has 3 heterocycles. The first-order valence-electron chi connectivity index (χ1n) is 10.0. The predicted molar refractivity (Wildman–Crippen MR) is 131 cm³/mol. The van der Waals surface area contributed by atoms with Gasteiger partial charge in [0.25, 0.3) is 0 Å². The minimum atomic E-state index is 0. The second kappa shape index (κ2) is 12.5. The molecular formula is C20H33IN6OS. The van der Waals surface area contributed by atoms with Gasteiger partial charge < -0.3 is 15.4 Å². The highest BCUT2D eigenvalue weighted by atomic mass is 127. The summed E-state index contributed by atoms with van der Waals surface area (Å²) in [6.07, 6.45) is 3.94. The molecular weight excluding hydrogens is 499 g/mol. The number of morpholine rings is 1. The molecule has 1 unspecified atom stereocenters. The summed E-state index contributed by atoms with van der Waals surface area (Å²) in [6, 6.07) is 4.75. The number of guanidine groups is 1. The summed E-state index contributed by atoms with van der Waals surface area (Å²) in [7, 11) is 0. The molecule has 162 valence electrons. The lowest BCUT2D eigenvalue weighted by molar-refractivity contribution is 0.0186. The Morgan fingerprint density at radius 2 is 2.07 bits per heavy atom. The van der Waals surface area contributed by atoms with Gasteiger partial charge in [0.1, 0.15) is 0 Å². The number of aromatic nitrogens is 2.